The minimum atomic E-state index is -3.50. The Balaban J connectivity index is 1.98. The lowest BCUT2D eigenvalue weighted by Crippen LogP contribution is -2.23. The van der Waals surface area contributed by atoms with Crippen molar-refractivity contribution in [2.75, 3.05) is 6.54 Å². The molecular formula is C20H23N3O2S. The molecule has 5 nitrogen and oxygen atoms in total. The summed E-state index contributed by atoms with van der Waals surface area (Å²) in [5, 5.41) is 0. The van der Waals surface area contributed by atoms with Gasteiger partial charge in [-0.3, -0.25) is 0 Å². The highest BCUT2D eigenvalue weighted by atomic mass is 32.2. The Labute approximate surface area is 154 Å². The second-order valence-electron chi connectivity index (χ2n) is 6.23. The maximum Gasteiger partial charge on any atom is 0.240 e. The van der Waals surface area contributed by atoms with E-state index in [4.69, 9.17) is 0 Å². The number of imidazole rings is 1. The van der Waals surface area contributed by atoms with Gasteiger partial charge in [-0.15, -0.1) is 0 Å². The molecule has 136 valence electrons. The molecule has 1 N–H and O–H groups in total. The quantitative estimate of drug-likeness (QED) is 0.696. The van der Waals surface area contributed by atoms with Crippen LogP contribution in [0.5, 0.6) is 0 Å². The number of nitrogens with zero attached hydrogens (tertiary/aromatic N) is 2. The van der Waals surface area contributed by atoms with E-state index in [2.05, 4.69) is 21.8 Å². The van der Waals surface area contributed by atoms with E-state index in [-0.39, 0.29) is 4.90 Å². The van der Waals surface area contributed by atoms with Crippen LogP contribution in [0.4, 0.5) is 0 Å². The molecule has 0 saturated carbocycles. The number of aryl methyl sites for hydroxylation is 3. The van der Waals surface area contributed by atoms with Crippen LogP contribution in [0.3, 0.4) is 0 Å². The molecule has 0 aliphatic rings. The number of benzene rings is 2. The molecule has 0 bridgehead atoms. The average Bonchev–Trinajstić information content (AvgIpc) is 3.07. The first kappa shape index (κ1) is 18.4. The fourth-order valence-electron chi connectivity index (χ4n) is 2.93. The molecule has 6 heteroatoms. The van der Waals surface area contributed by atoms with Gasteiger partial charge in [0, 0.05) is 25.4 Å². The maximum atomic E-state index is 12.4. The van der Waals surface area contributed by atoms with E-state index in [1.165, 1.54) is 5.56 Å². The molecule has 1 heterocycles. The first-order chi connectivity index (χ1) is 12.5. The van der Waals surface area contributed by atoms with Gasteiger partial charge in [0.25, 0.3) is 0 Å². The van der Waals surface area contributed by atoms with Gasteiger partial charge >= 0.3 is 0 Å². The lowest BCUT2D eigenvalue weighted by atomic mass is 9.98. The van der Waals surface area contributed by atoms with E-state index in [0.29, 0.717) is 6.54 Å². The van der Waals surface area contributed by atoms with Crippen LogP contribution in [0.15, 0.2) is 66.0 Å². The summed E-state index contributed by atoms with van der Waals surface area (Å²) >= 11 is 0. The molecule has 0 radical (unpaired) electrons. The van der Waals surface area contributed by atoms with Gasteiger partial charge in [-0.05, 0) is 36.1 Å². The fourth-order valence-corrected chi connectivity index (χ4v) is 4.00. The average molecular weight is 369 g/mol. The van der Waals surface area contributed by atoms with E-state index in [9.17, 15) is 8.42 Å². The Kier molecular flexibility index (Phi) is 5.54. The molecule has 2 aromatic carbocycles. The van der Waals surface area contributed by atoms with Crippen molar-refractivity contribution >= 4 is 10.0 Å². The molecule has 0 aliphatic heterocycles. The number of hydrogen-bond donors (Lipinski definition) is 1. The fraction of sp³-hybridized carbons (Fsp3) is 0.250. The van der Waals surface area contributed by atoms with E-state index in [1.54, 1.807) is 25.4 Å². The highest BCUT2D eigenvalue weighted by Crippen LogP contribution is 2.27. The lowest BCUT2D eigenvalue weighted by Gasteiger charge is -2.11. The standard InChI is InChI=1S/C20H23N3O2S/c1-3-22-26(24,25)18-12-11-17(10-9-16-7-5-4-6-8-16)19(13-18)20-14-23(2)15-21-20/h4-8,11-15,22H,3,9-10H2,1-2H3. The molecule has 0 fully saturated rings. The van der Waals surface area contributed by atoms with Crippen LogP contribution in [-0.2, 0) is 29.9 Å². The summed E-state index contributed by atoms with van der Waals surface area (Å²) < 4.78 is 29.2. The SMILES string of the molecule is CCNS(=O)(=O)c1ccc(CCc2ccccc2)c(-c2cn(C)cn2)c1. The molecule has 26 heavy (non-hydrogen) atoms. The summed E-state index contributed by atoms with van der Waals surface area (Å²) in [5.74, 6) is 0. The number of hydrogen-bond acceptors (Lipinski definition) is 3. The van der Waals surface area contributed by atoms with Gasteiger partial charge in [0.15, 0.2) is 0 Å². The molecule has 1 aromatic heterocycles. The lowest BCUT2D eigenvalue weighted by molar-refractivity contribution is 0.584. The van der Waals surface area contributed by atoms with Crippen LogP contribution in [0.2, 0.25) is 0 Å². The zero-order valence-electron chi connectivity index (χ0n) is 15.0. The van der Waals surface area contributed by atoms with Crippen molar-refractivity contribution in [2.24, 2.45) is 7.05 Å². The minimum Gasteiger partial charge on any atom is -0.340 e. The van der Waals surface area contributed by atoms with Crippen molar-refractivity contribution in [3.8, 4) is 11.3 Å². The van der Waals surface area contributed by atoms with Crippen LogP contribution in [0.25, 0.3) is 11.3 Å². The van der Waals surface area contributed by atoms with Gasteiger partial charge in [-0.25, -0.2) is 18.1 Å². The molecule has 0 amide bonds. The van der Waals surface area contributed by atoms with Gasteiger partial charge in [-0.2, -0.15) is 0 Å². The van der Waals surface area contributed by atoms with Gasteiger partial charge < -0.3 is 4.57 Å². The Hall–Kier alpha value is -2.44. The van der Waals surface area contributed by atoms with Crippen molar-refractivity contribution in [3.05, 3.63) is 72.2 Å². The summed E-state index contributed by atoms with van der Waals surface area (Å²) in [4.78, 5) is 4.69. The zero-order valence-corrected chi connectivity index (χ0v) is 15.8. The van der Waals surface area contributed by atoms with E-state index < -0.39 is 10.0 Å². The Bertz CT molecular complexity index is 979. The number of rotatable bonds is 7. The molecule has 0 saturated heterocycles. The topological polar surface area (TPSA) is 64.0 Å². The zero-order chi connectivity index (χ0) is 18.6. The van der Waals surface area contributed by atoms with E-state index in [0.717, 1.165) is 29.7 Å². The van der Waals surface area contributed by atoms with Crippen molar-refractivity contribution < 1.29 is 8.42 Å². The second kappa shape index (κ2) is 7.85. The van der Waals surface area contributed by atoms with Crippen molar-refractivity contribution in [1.29, 1.82) is 0 Å². The monoisotopic (exact) mass is 369 g/mol. The summed E-state index contributed by atoms with van der Waals surface area (Å²) in [7, 11) is -1.60. The Morgan fingerprint density at radius 1 is 1.08 bits per heavy atom. The highest BCUT2D eigenvalue weighted by Gasteiger charge is 2.17. The minimum absolute atomic E-state index is 0.267. The molecule has 0 spiro atoms. The van der Waals surface area contributed by atoms with E-state index >= 15 is 0 Å². The van der Waals surface area contributed by atoms with Crippen LogP contribution >= 0.6 is 0 Å². The van der Waals surface area contributed by atoms with Gasteiger partial charge in [0.05, 0.1) is 16.9 Å². The van der Waals surface area contributed by atoms with Crippen molar-refractivity contribution in [3.63, 3.8) is 0 Å². The van der Waals surface area contributed by atoms with Crippen molar-refractivity contribution in [2.45, 2.75) is 24.7 Å². The summed E-state index contributed by atoms with van der Waals surface area (Å²) in [6.07, 6.45) is 5.34. The molecule has 3 rings (SSSR count). The van der Waals surface area contributed by atoms with E-state index in [1.807, 2.05) is 42.1 Å². The predicted octanol–water partition coefficient (Wildman–Crippen LogP) is 3.17. The number of nitrogens with one attached hydrogen (secondary N) is 1. The normalized spacial score (nSPS) is 11.6. The summed E-state index contributed by atoms with van der Waals surface area (Å²) in [5.41, 5.74) is 3.98. The third-order valence-corrected chi connectivity index (χ3v) is 5.78. The van der Waals surface area contributed by atoms with Crippen molar-refractivity contribution in [1.82, 2.24) is 14.3 Å². The Morgan fingerprint density at radius 3 is 2.50 bits per heavy atom. The van der Waals surface area contributed by atoms with Crippen LogP contribution in [0, 0.1) is 0 Å². The van der Waals surface area contributed by atoms with Crippen LogP contribution in [-0.4, -0.2) is 24.5 Å². The van der Waals surface area contributed by atoms with Gasteiger partial charge in [0.1, 0.15) is 0 Å². The molecule has 0 unspecified atom stereocenters. The summed E-state index contributed by atoms with van der Waals surface area (Å²) in [6.45, 7) is 2.13. The van der Waals surface area contributed by atoms with Gasteiger partial charge in [0.2, 0.25) is 10.0 Å². The molecule has 0 aliphatic carbocycles. The first-order valence-corrected chi connectivity index (χ1v) is 10.1. The number of sulfonamides is 1. The van der Waals surface area contributed by atoms with Crippen LogP contribution < -0.4 is 4.72 Å². The summed E-state index contributed by atoms with van der Waals surface area (Å²) in [6, 6.07) is 15.6. The number of aromatic nitrogens is 2. The maximum absolute atomic E-state index is 12.4. The smallest absolute Gasteiger partial charge is 0.240 e. The third-order valence-electron chi connectivity index (χ3n) is 4.23. The third kappa shape index (κ3) is 4.20. The van der Waals surface area contributed by atoms with Crippen LogP contribution in [0.1, 0.15) is 18.1 Å². The first-order valence-electron chi connectivity index (χ1n) is 8.64. The molecular weight excluding hydrogens is 346 g/mol. The Morgan fingerprint density at radius 2 is 1.85 bits per heavy atom. The second-order valence-corrected chi connectivity index (χ2v) is 8.00. The highest BCUT2D eigenvalue weighted by molar-refractivity contribution is 7.89. The largest absolute Gasteiger partial charge is 0.340 e. The molecule has 3 aromatic rings. The predicted molar refractivity (Wildman–Crippen MR) is 103 cm³/mol. The van der Waals surface area contributed by atoms with Gasteiger partial charge in [-0.1, -0.05) is 43.3 Å². The molecule has 0 atom stereocenters.